The Balaban J connectivity index is 1.40. The van der Waals surface area contributed by atoms with E-state index in [1.54, 1.807) is 43.3 Å². The number of pyridine rings is 1. The van der Waals surface area contributed by atoms with Gasteiger partial charge in [-0.15, -0.1) is 0 Å². The lowest BCUT2D eigenvalue weighted by Gasteiger charge is -2.36. The minimum atomic E-state index is -4.51. The van der Waals surface area contributed by atoms with Crippen LogP contribution in [-0.4, -0.2) is 48.5 Å². The average Bonchev–Trinajstić information content (AvgIpc) is 3.24. The standard InChI is InChI=1S/C24H27F4N5O/c1-31(2)17-11-12-18(19(25)13-17)23(34)29-15-7-9-16(10-8-15)32(3)22-6-4-5-21-30-20(14-33(21)22)24(26,27)28/h4-6,11-16H,7-10H2,1-3H3,(H,29,34). The van der Waals surface area contributed by atoms with E-state index in [1.807, 2.05) is 11.9 Å². The molecule has 3 aromatic rings. The van der Waals surface area contributed by atoms with Crippen molar-refractivity contribution in [1.82, 2.24) is 14.7 Å². The fraction of sp³-hybridized carbons (Fsp3) is 0.417. The van der Waals surface area contributed by atoms with E-state index in [0.29, 0.717) is 24.3 Å². The number of benzene rings is 1. The molecule has 0 saturated heterocycles. The van der Waals surface area contributed by atoms with E-state index in [4.69, 9.17) is 0 Å². The molecule has 2 heterocycles. The van der Waals surface area contributed by atoms with Crippen molar-refractivity contribution in [3.8, 4) is 0 Å². The maximum absolute atomic E-state index is 14.4. The van der Waals surface area contributed by atoms with Gasteiger partial charge in [0.15, 0.2) is 5.69 Å². The first-order valence-electron chi connectivity index (χ1n) is 11.1. The summed E-state index contributed by atoms with van der Waals surface area (Å²) in [6.45, 7) is 0. The van der Waals surface area contributed by atoms with Gasteiger partial charge >= 0.3 is 6.18 Å². The molecule has 4 rings (SSSR count). The summed E-state index contributed by atoms with van der Waals surface area (Å²) in [5.74, 6) is -0.387. The third-order valence-electron chi connectivity index (χ3n) is 6.42. The molecule has 1 amide bonds. The number of nitrogens with one attached hydrogen (secondary N) is 1. The molecular formula is C24H27F4N5O. The summed E-state index contributed by atoms with van der Waals surface area (Å²) in [6.07, 6.45) is -0.646. The number of hydrogen-bond donors (Lipinski definition) is 1. The number of anilines is 2. The minimum absolute atomic E-state index is 0.0112. The van der Waals surface area contributed by atoms with Gasteiger partial charge in [0, 0.05) is 45.1 Å². The van der Waals surface area contributed by atoms with Gasteiger partial charge < -0.3 is 15.1 Å². The van der Waals surface area contributed by atoms with Crippen molar-refractivity contribution >= 4 is 23.1 Å². The SMILES string of the molecule is CN(C)c1ccc(C(=O)NC2CCC(N(C)c3cccc4nc(C(F)(F)F)cn34)CC2)c(F)c1. The van der Waals surface area contributed by atoms with Crippen LogP contribution in [0.5, 0.6) is 0 Å². The molecule has 10 heteroatoms. The predicted molar refractivity (Wildman–Crippen MR) is 123 cm³/mol. The average molecular weight is 478 g/mol. The van der Waals surface area contributed by atoms with E-state index < -0.39 is 23.6 Å². The normalized spacial score (nSPS) is 18.7. The molecule has 1 aliphatic rings. The van der Waals surface area contributed by atoms with Crippen molar-refractivity contribution in [2.45, 2.75) is 43.9 Å². The molecule has 6 nitrogen and oxygen atoms in total. The van der Waals surface area contributed by atoms with Crippen LogP contribution in [0, 0.1) is 5.82 Å². The minimum Gasteiger partial charge on any atom is -0.378 e. The van der Waals surface area contributed by atoms with Gasteiger partial charge in [-0.25, -0.2) is 9.37 Å². The highest BCUT2D eigenvalue weighted by Crippen LogP contribution is 2.32. The third-order valence-corrected chi connectivity index (χ3v) is 6.42. The van der Waals surface area contributed by atoms with Crippen molar-refractivity contribution in [2.24, 2.45) is 0 Å². The molecule has 1 N–H and O–H groups in total. The molecule has 1 aliphatic carbocycles. The highest BCUT2D eigenvalue weighted by Gasteiger charge is 2.34. The number of hydrogen-bond acceptors (Lipinski definition) is 4. The number of carbonyl (C=O) groups excluding carboxylic acids is 1. The second-order valence-corrected chi connectivity index (χ2v) is 8.88. The highest BCUT2D eigenvalue weighted by molar-refractivity contribution is 5.95. The monoisotopic (exact) mass is 477 g/mol. The molecule has 0 atom stereocenters. The van der Waals surface area contributed by atoms with Crippen molar-refractivity contribution < 1.29 is 22.4 Å². The molecule has 1 saturated carbocycles. The van der Waals surface area contributed by atoms with Crippen molar-refractivity contribution in [3.05, 3.63) is 59.7 Å². The number of halogens is 4. The Morgan fingerprint density at radius 1 is 1.09 bits per heavy atom. The van der Waals surface area contributed by atoms with Crippen LogP contribution in [-0.2, 0) is 6.18 Å². The number of alkyl halides is 3. The molecule has 0 unspecified atom stereocenters. The van der Waals surface area contributed by atoms with Gasteiger partial charge in [-0.3, -0.25) is 9.20 Å². The van der Waals surface area contributed by atoms with Gasteiger partial charge in [0.05, 0.1) is 5.56 Å². The summed E-state index contributed by atoms with van der Waals surface area (Å²) >= 11 is 0. The van der Waals surface area contributed by atoms with Gasteiger partial charge in [0.25, 0.3) is 5.91 Å². The second-order valence-electron chi connectivity index (χ2n) is 8.88. The van der Waals surface area contributed by atoms with Crippen LogP contribution in [0.4, 0.5) is 29.1 Å². The van der Waals surface area contributed by atoms with E-state index in [9.17, 15) is 22.4 Å². The van der Waals surface area contributed by atoms with Crippen LogP contribution < -0.4 is 15.1 Å². The number of amides is 1. The largest absolute Gasteiger partial charge is 0.434 e. The zero-order chi connectivity index (χ0) is 24.6. The first-order valence-corrected chi connectivity index (χ1v) is 11.1. The van der Waals surface area contributed by atoms with Gasteiger partial charge in [-0.05, 0) is 56.0 Å². The third kappa shape index (κ3) is 4.80. The maximum Gasteiger partial charge on any atom is 0.434 e. The van der Waals surface area contributed by atoms with Crippen LogP contribution in [0.2, 0.25) is 0 Å². The Morgan fingerprint density at radius 3 is 2.41 bits per heavy atom. The summed E-state index contributed by atoms with van der Waals surface area (Å²) in [5, 5.41) is 2.92. The van der Waals surface area contributed by atoms with Crippen LogP contribution >= 0.6 is 0 Å². The van der Waals surface area contributed by atoms with Crippen molar-refractivity contribution in [2.75, 3.05) is 30.9 Å². The summed E-state index contributed by atoms with van der Waals surface area (Å²) in [7, 11) is 5.45. The molecule has 2 aromatic heterocycles. The molecule has 0 aliphatic heterocycles. The van der Waals surface area contributed by atoms with E-state index in [1.165, 1.54) is 16.5 Å². The van der Waals surface area contributed by atoms with Gasteiger partial charge in [0.2, 0.25) is 0 Å². The first kappa shape index (κ1) is 23.8. The van der Waals surface area contributed by atoms with E-state index in [-0.39, 0.29) is 23.3 Å². The zero-order valence-corrected chi connectivity index (χ0v) is 19.2. The smallest absolute Gasteiger partial charge is 0.378 e. The number of nitrogens with zero attached hydrogens (tertiary/aromatic N) is 4. The van der Waals surface area contributed by atoms with E-state index in [0.717, 1.165) is 19.0 Å². The molecule has 1 aromatic carbocycles. The summed E-state index contributed by atoms with van der Waals surface area (Å²) in [5.41, 5.74) is -0.00416. The maximum atomic E-state index is 14.4. The number of imidazole rings is 1. The lowest BCUT2D eigenvalue weighted by molar-refractivity contribution is -0.140. The second kappa shape index (κ2) is 9.15. The Kier molecular flexibility index (Phi) is 6.42. The molecule has 182 valence electrons. The number of rotatable bonds is 5. The highest BCUT2D eigenvalue weighted by atomic mass is 19.4. The van der Waals surface area contributed by atoms with Gasteiger partial charge in [0.1, 0.15) is 17.3 Å². The van der Waals surface area contributed by atoms with Crippen LogP contribution in [0.25, 0.3) is 5.65 Å². The Morgan fingerprint density at radius 2 is 1.79 bits per heavy atom. The van der Waals surface area contributed by atoms with Crippen molar-refractivity contribution in [3.63, 3.8) is 0 Å². The fourth-order valence-corrected chi connectivity index (χ4v) is 4.44. The van der Waals surface area contributed by atoms with E-state index >= 15 is 0 Å². The van der Waals surface area contributed by atoms with Crippen LogP contribution in [0.1, 0.15) is 41.7 Å². The van der Waals surface area contributed by atoms with Gasteiger partial charge in [-0.1, -0.05) is 6.07 Å². The Labute approximate surface area is 195 Å². The summed E-state index contributed by atoms with van der Waals surface area (Å²) < 4.78 is 55.2. The lowest BCUT2D eigenvalue weighted by atomic mass is 9.90. The fourth-order valence-electron chi connectivity index (χ4n) is 4.44. The molecular weight excluding hydrogens is 450 g/mol. The predicted octanol–water partition coefficient (Wildman–Crippen LogP) is 4.74. The molecule has 0 radical (unpaired) electrons. The van der Waals surface area contributed by atoms with E-state index in [2.05, 4.69) is 10.3 Å². The first-order chi connectivity index (χ1) is 16.0. The molecule has 1 fully saturated rings. The topological polar surface area (TPSA) is 52.9 Å². The van der Waals surface area contributed by atoms with Crippen molar-refractivity contribution in [1.29, 1.82) is 0 Å². The molecule has 34 heavy (non-hydrogen) atoms. The van der Waals surface area contributed by atoms with Gasteiger partial charge in [-0.2, -0.15) is 13.2 Å². The molecule has 0 bridgehead atoms. The molecule has 0 spiro atoms. The quantitative estimate of drug-likeness (QED) is 0.540. The number of fused-ring (bicyclic) bond motifs is 1. The Bertz CT molecular complexity index is 1180. The number of aromatic nitrogens is 2. The summed E-state index contributed by atoms with van der Waals surface area (Å²) in [4.78, 5) is 20.0. The van der Waals surface area contributed by atoms with Crippen LogP contribution in [0.15, 0.2) is 42.6 Å². The summed E-state index contributed by atoms with van der Waals surface area (Å²) in [6, 6.07) is 9.52. The zero-order valence-electron chi connectivity index (χ0n) is 19.2. The lowest BCUT2D eigenvalue weighted by Crippen LogP contribution is -2.43. The van der Waals surface area contributed by atoms with Crippen LogP contribution in [0.3, 0.4) is 0 Å². The Hall–Kier alpha value is -3.30. The number of carbonyl (C=O) groups is 1.